The van der Waals surface area contributed by atoms with Crippen molar-refractivity contribution in [2.45, 2.75) is 24.3 Å². The minimum absolute atomic E-state index is 0.140. The summed E-state index contributed by atoms with van der Waals surface area (Å²) in [4.78, 5) is 12.7. The molecule has 0 N–H and O–H groups in total. The van der Waals surface area contributed by atoms with Crippen molar-refractivity contribution in [2.75, 3.05) is 6.26 Å². The van der Waals surface area contributed by atoms with Crippen LogP contribution in [0.2, 0.25) is 0 Å². The minimum atomic E-state index is -3.30. The van der Waals surface area contributed by atoms with E-state index in [1.807, 2.05) is 17.5 Å². The Morgan fingerprint density at radius 2 is 1.78 bits per heavy atom. The second kappa shape index (κ2) is 6.19. The number of sulfone groups is 1. The van der Waals surface area contributed by atoms with Gasteiger partial charge in [-0.2, -0.15) is 0 Å². The van der Waals surface area contributed by atoms with E-state index in [-0.39, 0.29) is 10.7 Å². The van der Waals surface area contributed by atoms with E-state index in [0.717, 1.165) is 15.7 Å². The molecule has 3 heterocycles. The Bertz CT molecular complexity index is 1150. The molecule has 3 aromatic rings. The average Bonchev–Trinajstić information content (AvgIpc) is 3.19. The van der Waals surface area contributed by atoms with Crippen LogP contribution < -0.4 is 4.74 Å². The van der Waals surface area contributed by atoms with E-state index in [4.69, 9.17) is 9.47 Å². The standard InChI is InChI=1S/C19H16O5S3/c1-19(2)16(11-4-6-12(7-5-11)27(3,21)22)17(18(20)24-19)23-15-10-14-13(26-15)8-9-25-14/h4-10H,1-3H3. The summed E-state index contributed by atoms with van der Waals surface area (Å²) in [5, 5.41) is 2.62. The van der Waals surface area contributed by atoms with Crippen LogP contribution in [-0.2, 0) is 19.4 Å². The highest BCUT2D eigenvalue weighted by Crippen LogP contribution is 2.43. The van der Waals surface area contributed by atoms with Crippen molar-refractivity contribution in [3.63, 3.8) is 0 Å². The maximum Gasteiger partial charge on any atom is 0.375 e. The van der Waals surface area contributed by atoms with Gasteiger partial charge in [0, 0.05) is 21.7 Å². The molecular weight excluding hydrogens is 404 g/mol. The zero-order chi connectivity index (χ0) is 19.4. The number of carbonyl (C=O) groups excluding carboxylic acids is 1. The third-order valence-electron chi connectivity index (χ3n) is 4.25. The van der Waals surface area contributed by atoms with Crippen molar-refractivity contribution in [1.82, 2.24) is 0 Å². The number of fused-ring (bicyclic) bond motifs is 1. The van der Waals surface area contributed by atoms with Gasteiger partial charge >= 0.3 is 5.97 Å². The normalized spacial score (nSPS) is 16.8. The number of cyclic esters (lactones) is 1. The Hall–Kier alpha value is -2.16. The Balaban J connectivity index is 1.79. The first-order valence-electron chi connectivity index (χ1n) is 8.09. The van der Waals surface area contributed by atoms with E-state index >= 15 is 0 Å². The van der Waals surface area contributed by atoms with Crippen LogP contribution in [0.5, 0.6) is 5.06 Å². The van der Waals surface area contributed by atoms with Gasteiger partial charge in [-0.25, -0.2) is 13.2 Å². The first-order chi connectivity index (χ1) is 12.6. The first kappa shape index (κ1) is 18.2. The predicted molar refractivity (Wildman–Crippen MR) is 107 cm³/mol. The Morgan fingerprint density at radius 3 is 2.41 bits per heavy atom. The monoisotopic (exact) mass is 420 g/mol. The fraction of sp³-hybridized carbons (Fsp3) is 0.211. The number of esters is 1. The molecule has 0 fully saturated rings. The summed E-state index contributed by atoms with van der Waals surface area (Å²) in [6, 6.07) is 10.3. The van der Waals surface area contributed by atoms with Crippen LogP contribution >= 0.6 is 22.7 Å². The largest absolute Gasteiger partial charge is 0.449 e. The smallest absolute Gasteiger partial charge is 0.375 e. The second-order valence-corrected chi connectivity index (χ2v) is 10.7. The van der Waals surface area contributed by atoms with Crippen molar-refractivity contribution < 1.29 is 22.7 Å². The number of ether oxygens (including phenoxy) is 2. The highest BCUT2D eigenvalue weighted by atomic mass is 32.2. The van der Waals surface area contributed by atoms with E-state index < -0.39 is 21.4 Å². The molecule has 0 amide bonds. The van der Waals surface area contributed by atoms with Gasteiger partial charge in [-0.05, 0) is 43.0 Å². The molecule has 0 aliphatic carbocycles. The molecule has 1 aliphatic heterocycles. The van der Waals surface area contributed by atoms with Gasteiger partial charge in [0.1, 0.15) is 5.60 Å². The number of thiophene rings is 2. The van der Waals surface area contributed by atoms with Crippen molar-refractivity contribution in [2.24, 2.45) is 0 Å². The lowest BCUT2D eigenvalue weighted by Gasteiger charge is -2.21. The van der Waals surface area contributed by atoms with Gasteiger partial charge in [0.05, 0.1) is 10.5 Å². The molecule has 4 rings (SSSR count). The molecule has 27 heavy (non-hydrogen) atoms. The summed E-state index contributed by atoms with van der Waals surface area (Å²) >= 11 is 3.07. The molecule has 2 aromatic heterocycles. The van der Waals surface area contributed by atoms with Crippen molar-refractivity contribution in [3.05, 3.63) is 53.1 Å². The van der Waals surface area contributed by atoms with Gasteiger partial charge in [-0.15, -0.1) is 11.3 Å². The fourth-order valence-electron chi connectivity index (χ4n) is 3.04. The summed E-state index contributed by atoms with van der Waals surface area (Å²) in [7, 11) is -3.30. The molecule has 8 heteroatoms. The first-order valence-corrected chi connectivity index (χ1v) is 11.7. The van der Waals surface area contributed by atoms with Gasteiger partial charge in [0.25, 0.3) is 0 Å². The lowest BCUT2D eigenvalue weighted by Crippen LogP contribution is -2.22. The average molecular weight is 421 g/mol. The molecule has 0 bridgehead atoms. The van der Waals surface area contributed by atoms with Crippen LogP contribution in [0.3, 0.4) is 0 Å². The molecule has 0 radical (unpaired) electrons. The summed E-state index contributed by atoms with van der Waals surface area (Å²) in [6.45, 7) is 3.57. The Kier molecular flexibility index (Phi) is 4.17. The lowest BCUT2D eigenvalue weighted by molar-refractivity contribution is -0.145. The molecule has 0 saturated carbocycles. The molecular formula is C19H16O5S3. The SMILES string of the molecule is CC1(C)OC(=O)C(Oc2cc3sccc3s2)=C1c1ccc(S(C)(=O)=O)cc1. The van der Waals surface area contributed by atoms with Crippen LogP contribution in [0.1, 0.15) is 19.4 Å². The fourth-order valence-corrected chi connectivity index (χ4v) is 5.62. The second-order valence-electron chi connectivity index (χ2n) is 6.72. The summed E-state index contributed by atoms with van der Waals surface area (Å²) in [6.07, 6.45) is 1.16. The van der Waals surface area contributed by atoms with Gasteiger partial charge in [0.15, 0.2) is 14.9 Å². The van der Waals surface area contributed by atoms with Gasteiger partial charge < -0.3 is 9.47 Å². The topological polar surface area (TPSA) is 69.7 Å². The van der Waals surface area contributed by atoms with Gasteiger partial charge in [0.2, 0.25) is 5.76 Å². The van der Waals surface area contributed by atoms with Gasteiger partial charge in [-0.3, -0.25) is 0 Å². The molecule has 1 aromatic carbocycles. The van der Waals surface area contributed by atoms with Gasteiger partial charge in [-0.1, -0.05) is 23.5 Å². The predicted octanol–water partition coefficient (Wildman–Crippen LogP) is 4.49. The number of rotatable bonds is 4. The Morgan fingerprint density at radius 1 is 1.07 bits per heavy atom. The van der Waals surface area contributed by atoms with Crippen molar-refractivity contribution >= 4 is 53.5 Å². The molecule has 5 nitrogen and oxygen atoms in total. The van der Waals surface area contributed by atoms with Crippen LogP contribution in [0.15, 0.2) is 52.4 Å². The molecule has 0 spiro atoms. The molecule has 0 unspecified atom stereocenters. The zero-order valence-corrected chi connectivity index (χ0v) is 17.3. The number of carbonyl (C=O) groups is 1. The number of hydrogen-bond donors (Lipinski definition) is 0. The van der Waals surface area contributed by atoms with Crippen molar-refractivity contribution in [3.8, 4) is 5.06 Å². The Labute approximate surface area is 164 Å². The third-order valence-corrected chi connectivity index (χ3v) is 7.35. The highest BCUT2D eigenvalue weighted by Gasteiger charge is 2.43. The molecule has 140 valence electrons. The molecule has 0 saturated heterocycles. The quantitative estimate of drug-likeness (QED) is 0.582. The summed E-state index contributed by atoms with van der Waals surface area (Å²) in [5.41, 5.74) is 0.407. The van der Waals surface area contributed by atoms with E-state index in [2.05, 4.69) is 0 Å². The van der Waals surface area contributed by atoms with Crippen molar-refractivity contribution in [1.29, 1.82) is 0 Å². The maximum atomic E-state index is 12.5. The highest BCUT2D eigenvalue weighted by molar-refractivity contribution is 7.90. The molecule has 1 aliphatic rings. The number of hydrogen-bond acceptors (Lipinski definition) is 7. The summed E-state index contributed by atoms with van der Waals surface area (Å²) in [5.74, 6) is -0.389. The van der Waals surface area contributed by atoms with Crippen LogP contribution in [0, 0.1) is 0 Å². The number of benzene rings is 1. The zero-order valence-electron chi connectivity index (χ0n) is 14.8. The molecule has 0 atom stereocenters. The van der Waals surface area contributed by atoms with E-state index in [1.54, 1.807) is 37.3 Å². The maximum absolute atomic E-state index is 12.5. The van der Waals surface area contributed by atoms with Crippen LogP contribution in [0.4, 0.5) is 0 Å². The van der Waals surface area contributed by atoms with Crippen LogP contribution in [-0.4, -0.2) is 26.2 Å². The van der Waals surface area contributed by atoms with E-state index in [0.29, 0.717) is 16.2 Å². The van der Waals surface area contributed by atoms with E-state index in [9.17, 15) is 13.2 Å². The third kappa shape index (κ3) is 3.28. The lowest BCUT2D eigenvalue weighted by atomic mass is 9.92. The van der Waals surface area contributed by atoms with Crippen LogP contribution in [0.25, 0.3) is 15.0 Å². The summed E-state index contributed by atoms with van der Waals surface area (Å²) < 4.78 is 37.0. The van der Waals surface area contributed by atoms with E-state index in [1.165, 1.54) is 23.5 Å². The minimum Gasteiger partial charge on any atom is -0.449 e.